The van der Waals surface area contributed by atoms with Gasteiger partial charge in [0.15, 0.2) is 5.82 Å². The minimum atomic E-state index is -0.482. The van der Waals surface area contributed by atoms with Gasteiger partial charge in [0, 0.05) is 25.0 Å². The predicted molar refractivity (Wildman–Crippen MR) is 77.7 cm³/mol. The zero-order chi connectivity index (χ0) is 14.7. The molecule has 1 fully saturated rings. The molecule has 0 bridgehead atoms. The van der Waals surface area contributed by atoms with Gasteiger partial charge in [0.05, 0.1) is 0 Å². The smallest absolute Gasteiger partial charge is 0.293 e. The van der Waals surface area contributed by atoms with Crippen molar-refractivity contribution in [2.24, 2.45) is 5.92 Å². The number of carbonyl (C=O) groups excluding carboxylic acids is 1. The van der Waals surface area contributed by atoms with Crippen LogP contribution in [-0.2, 0) is 4.79 Å². The number of aromatic nitrogens is 2. The summed E-state index contributed by atoms with van der Waals surface area (Å²) in [7, 11) is 0. The van der Waals surface area contributed by atoms with E-state index in [9.17, 15) is 9.59 Å². The molecule has 1 atom stereocenters. The molecule has 1 heterocycles. The van der Waals surface area contributed by atoms with Gasteiger partial charge in [-0.15, -0.1) is 0 Å². The van der Waals surface area contributed by atoms with Crippen LogP contribution in [0.3, 0.4) is 0 Å². The van der Waals surface area contributed by atoms with E-state index in [1.807, 2.05) is 13.8 Å². The third-order valence-electron chi connectivity index (χ3n) is 3.24. The average molecular weight is 278 g/mol. The Morgan fingerprint density at radius 1 is 1.45 bits per heavy atom. The molecule has 1 unspecified atom stereocenters. The number of nitrogens with zero attached hydrogens (tertiary/aromatic N) is 2. The molecule has 2 N–H and O–H groups in total. The van der Waals surface area contributed by atoms with E-state index in [1.54, 1.807) is 23.9 Å². The summed E-state index contributed by atoms with van der Waals surface area (Å²) in [6.45, 7) is 6.42. The van der Waals surface area contributed by atoms with E-state index in [2.05, 4.69) is 15.6 Å². The second-order valence-corrected chi connectivity index (χ2v) is 5.72. The van der Waals surface area contributed by atoms with Crippen LogP contribution in [0, 0.1) is 5.92 Å². The van der Waals surface area contributed by atoms with Crippen molar-refractivity contribution in [1.29, 1.82) is 0 Å². The summed E-state index contributed by atoms with van der Waals surface area (Å²) in [5.41, 5.74) is -0.154. The van der Waals surface area contributed by atoms with Crippen LogP contribution in [0.5, 0.6) is 0 Å². The minimum Gasteiger partial charge on any atom is -0.354 e. The van der Waals surface area contributed by atoms with Gasteiger partial charge in [0.25, 0.3) is 5.56 Å². The molecule has 1 saturated carbocycles. The van der Waals surface area contributed by atoms with E-state index in [-0.39, 0.29) is 17.3 Å². The molecule has 1 amide bonds. The van der Waals surface area contributed by atoms with Crippen LogP contribution in [-0.4, -0.2) is 28.0 Å². The molecule has 1 aromatic rings. The van der Waals surface area contributed by atoms with Gasteiger partial charge >= 0.3 is 0 Å². The van der Waals surface area contributed by atoms with Crippen LogP contribution in [0.15, 0.2) is 17.2 Å². The zero-order valence-corrected chi connectivity index (χ0v) is 12.2. The molecule has 0 radical (unpaired) electrons. The first-order valence-electron chi connectivity index (χ1n) is 7.10. The lowest BCUT2D eigenvalue weighted by atomic mass is 10.2. The third kappa shape index (κ3) is 3.59. The maximum absolute atomic E-state index is 12.2. The van der Waals surface area contributed by atoms with E-state index in [0.717, 1.165) is 12.8 Å². The van der Waals surface area contributed by atoms with Gasteiger partial charge in [-0.3, -0.25) is 9.59 Å². The lowest BCUT2D eigenvalue weighted by Crippen LogP contribution is -2.40. The standard InChI is InChI=1S/C14H22N4O2/c1-9(2)8-16-13(19)10(3)17-12-14(20)18(7-6-15-12)11-4-5-11/h6-7,9-11H,4-5,8H2,1-3H3,(H,15,17)(H,16,19). The molecule has 6 heteroatoms. The zero-order valence-electron chi connectivity index (χ0n) is 12.2. The first-order chi connectivity index (χ1) is 9.49. The molecular formula is C14H22N4O2. The Balaban J connectivity index is 2.00. The van der Waals surface area contributed by atoms with Gasteiger partial charge in [-0.2, -0.15) is 0 Å². The Morgan fingerprint density at radius 3 is 2.75 bits per heavy atom. The fraction of sp³-hybridized carbons (Fsp3) is 0.643. The second-order valence-electron chi connectivity index (χ2n) is 5.72. The van der Waals surface area contributed by atoms with Crippen molar-refractivity contribution in [2.75, 3.05) is 11.9 Å². The van der Waals surface area contributed by atoms with Crippen LogP contribution in [0.4, 0.5) is 5.82 Å². The summed E-state index contributed by atoms with van der Waals surface area (Å²) in [5.74, 6) is 0.515. The van der Waals surface area contributed by atoms with Gasteiger partial charge in [0.1, 0.15) is 6.04 Å². The normalized spacial score (nSPS) is 16.0. The van der Waals surface area contributed by atoms with Crippen molar-refractivity contribution in [3.63, 3.8) is 0 Å². The number of hydrogen-bond donors (Lipinski definition) is 2. The second kappa shape index (κ2) is 6.07. The summed E-state index contributed by atoms with van der Waals surface area (Å²) >= 11 is 0. The molecule has 0 aromatic carbocycles. The quantitative estimate of drug-likeness (QED) is 0.818. The summed E-state index contributed by atoms with van der Waals surface area (Å²) in [6, 6.07) is -0.180. The predicted octanol–water partition coefficient (Wildman–Crippen LogP) is 1.15. The van der Waals surface area contributed by atoms with Gasteiger partial charge in [-0.05, 0) is 25.7 Å². The average Bonchev–Trinajstić information content (AvgIpc) is 3.22. The molecular weight excluding hydrogens is 256 g/mol. The molecule has 110 valence electrons. The van der Waals surface area contributed by atoms with Crippen LogP contribution in [0.1, 0.15) is 39.7 Å². The van der Waals surface area contributed by atoms with E-state index in [4.69, 9.17) is 0 Å². The molecule has 1 aliphatic rings. The van der Waals surface area contributed by atoms with Crippen molar-refractivity contribution < 1.29 is 4.79 Å². The summed E-state index contributed by atoms with van der Waals surface area (Å²) < 4.78 is 1.69. The van der Waals surface area contributed by atoms with Crippen LogP contribution in [0.2, 0.25) is 0 Å². The Labute approximate surface area is 118 Å². The van der Waals surface area contributed by atoms with Crippen molar-refractivity contribution in [2.45, 2.75) is 45.7 Å². The topological polar surface area (TPSA) is 76.0 Å². The van der Waals surface area contributed by atoms with E-state index >= 15 is 0 Å². The number of rotatable bonds is 6. The number of amides is 1. The molecule has 6 nitrogen and oxygen atoms in total. The number of carbonyl (C=O) groups is 1. The number of anilines is 1. The molecule has 2 rings (SSSR count). The summed E-state index contributed by atoms with van der Waals surface area (Å²) in [6.07, 6.45) is 5.37. The molecule has 0 aliphatic heterocycles. The largest absolute Gasteiger partial charge is 0.354 e. The Bertz CT molecular complexity index is 534. The van der Waals surface area contributed by atoms with Gasteiger partial charge in [-0.1, -0.05) is 13.8 Å². The lowest BCUT2D eigenvalue weighted by Gasteiger charge is -2.15. The number of nitrogens with one attached hydrogen (secondary N) is 2. The van der Waals surface area contributed by atoms with Crippen LogP contribution in [0.25, 0.3) is 0 Å². The van der Waals surface area contributed by atoms with Crippen molar-refractivity contribution in [1.82, 2.24) is 14.9 Å². The highest BCUT2D eigenvalue weighted by molar-refractivity contribution is 5.83. The van der Waals surface area contributed by atoms with Gasteiger partial charge in [0.2, 0.25) is 5.91 Å². The third-order valence-corrected chi connectivity index (χ3v) is 3.24. The maximum Gasteiger partial charge on any atom is 0.293 e. The van der Waals surface area contributed by atoms with Crippen molar-refractivity contribution in [3.05, 3.63) is 22.7 Å². The van der Waals surface area contributed by atoms with Crippen molar-refractivity contribution in [3.8, 4) is 0 Å². The minimum absolute atomic E-state index is 0.123. The van der Waals surface area contributed by atoms with E-state index in [0.29, 0.717) is 18.5 Å². The molecule has 20 heavy (non-hydrogen) atoms. The molecule has 0 saturated heterocycles. The lowest BCUT2D eigenvalue weighted by molar-refractivity contribution is -0.121. The Morgan fingerprint density at radius 2 is 2.15 bits per heavy atom. The highest BCUT2D eigenvalue weighted by Crippen LogP contribution is 2.33. The molecule has 1 aliphatic carbocycles. The highest BCUT2D eigenvalue weighted by Gasteiger charge is 2.25. The van der Waals surface area contributed by atoms with Crippen LogP contribution >= 0.6 is 0 Å². The van der Waals surface area contributed by atoms with Gasteiger partial charge < -0.3 is 15.2 Å². The highest BCUT2D eigenvalue weighted by atomic mass is 16.2. The first-order valence-corrected chi connectivity index (χ1v) is 7.10. The fourth-order valence-electron chi connectivity index (χ4n) is 1.89. The number of hydrogen-bond acceptors (Lipinski definition) is 4. The summed E-state index contributed by atoms with van der Waals surface area (Å²) in [5, 5.41) is 5.73. The monoisotopic (exact) mass is 278 g/mol. The SMILES string of the molecule is CC(C)CNC(=O)C(C)Nc1nccn(C2CC2)c1=O. The van der Waals surface area contributed by atoms with Crippen LogP contribution < -0.4 is 16.2 Å². The van der Waals surface area contributed by atoms with E-state index in [1.165, 1.54) is 0 Å². The van der Waals surface area contributed by atoms with Gasteiger partial charge in [-0.25, -0.2) is 4.98 Å². The van der Waals surface area contributed by atoms with Crippen molar-refractivity contribution >= 4 is 11.7 Å². The van der Waals surface area contributed by atoms with E-state index < -0.39 is 6.04 Å². The Hall–Kier alpha value is -1.85. The molecule has 1 aromatic heterocycles. The summed E-state index contributed by atoms with van der Waals surface area (Å²) in [4.78, 5) is 28.1. The maximum atomic E-state index is 12.2. The Kier molecular flexibility index (Phi) is 4.42. The first kappa shape index (κ1) is 14.6. The fourth-order valence-corrected chi connectivity index (χ4v) is 1.89. The molecule has 0 spiro atoms.